The Labute approximate surface area is 190 Å². The number of aliphatic carboxylic acids is 1. The summed E-state index contributed by atoms with van der Waals surface area (Å²) in [5, 5.41) is 13.9. The van der Waals surface area contributed by atoms with Crippen LogP contribution >= 0.6 is 11.8 Å². The molecule has 32 heavy (non-hydrogen) atoms. The molecule has 2 amide bonds. The summed E-state index contributed by atoms with van der Waals surface area (Å²) in [6, 6.07) is 0. The van der Waals surface area contributed by atoms with Crippen LogP contribution in [0.4, 0.5) is 0 Å². The summed E-state index contributed by atoms with van der Waals surface area (Å²) in [5.74, 6) is -3.61. The maximum atomic E-state index is 12.6. The van der Waals surface area contributed by atoms with E-state index in [0.29, 0.717) is 5.75 Å². The van der Waals surface area contributed by atoms with Crippen molar-refractivity contribution in [1.82, 2.24) is 10.6 Å². The number of carbonyl (C=O) groups excluding carboxylic acids is 4. The first kappa shape index (κ1) is 27.6. The van der Waals surface area contributed by atoms with E-state index in [0.717, 1.165) is 23.9 Å². The fraction of sp³-hybridized carbons (Fsp3) is 0.650. The molecule has 0 bridgehead atoms. The number of methoxy groups -OCH3 is 1. The molecule has 1 fully saturated rings. The first-order valence-corrected chi connectivity index (χ1v) is 10.9. The minimum Gasteiger partial charge on any atom is -0.481 e. The molecule has 1 saturated heterocycles. The maximum absolute atomic E-state index is 12.6. The van der Waals surface area contributed by atoms with Gasteiger partial charge in [0.1, 0.15) is 6.10 Å². The number of thioether (sulfide) groups is 1. The van der Waals surface area contributed by atoms with Gasteiger partial charge < -0.3 is 30.0 Å². The molecule has 0 aromatic carbocycles. The first-order chi connectivity index (χ1) is 14.9. The number of carboxylic acid groups (broad SMARTS) is 1. The van der Waals surface area contributed by atoms with E-state index in [1.54, 1.807) is 13.8 Å². The van der Waals surface area contributed by atoms with Crippen molar-refractivity contribution < 1.29 is 43.3 Å². The van der Waals surface area contributed by atoms with Crippen molar-refractivity contribution in [3.05, 3.63) is 12.2 Å². The largest absolute Gasteiger partial charge is 0.481 e. The molecular weight excluding hydrogens is 444 g/mol. The monoisotopic (exact) mass is 474 g/mol. The highest BCUT2D eigenvalue weighted by Crippen LogP contribution is 2.36. The molecule has 3 N–H and O–H groups in total. The van der Waals surface area contributed by atoms with Gasteiger partial charge in [-0.1, -0.05) is 25.6 Å². The Hall–Kier alpha value is -2.44. The molecule has 1 aliphatic rings. The molecule has 0 spiro atoms. The van der Waals surface area contributed by atoms with Crippen LogP contribution in [0.1, 0.15) is 33.6 Å². The van der Waals surface area contributed by atoms with Crippen LogP contribution in [0, 0.1) is 5.41 Å². The lowest BCUT2D eigenvalue weighted by atomic mass is 9.85. The van der Waals surface area contributed by atoms with E-state index in [4.69, 9.17) is 14.6 Å². The second-order valence-electron chi connectivity index (χ2n) is 7.89. The van der Waals surface area contributed by atoms with Crippen LogP contribution in [0.5, 0.6) is 0 Å². The Morgan fingerprint density at radius 1 is 1.12 bits per heavy atom. The predicted molar refractivity (Wildman–Crippen MR) is 115 cm³/mol. The van der Waals surface area contributed by atoms with Crippen LogP contribution in [-0.4, -0.2) is 78.4 Å². The van der Waals surface area contributed by atoms with Crippen molar-refractivity contribution >= 4 is 40.6 Å². The lowest BCUT2D eigenvalue weighted by Crippen LogP contribution is -2.58. The third kappa shape index (κ3) is 9.79. The van der Waals surface area contributed by atoms with E-state index in [1.807, 2.05) is 0 Å². The molecule has 1 heterocycles. The van der Waals surface area contributed by atoms with Crippen LogP contribution in [0.15, 0.2) is 12.2 Å². The van der Waals surface area contributed by atoms with Crippen molar-refractivity contribution in [3.8, 4) is 0 Å². The summed E-state index contributed by atoms with van der Waals surface area (Å²) < 4.78 is 15.6. The van der Waals surface area contributed by atoms with Crippen LogP contribution in [0.2, 0.25) is 0 Å². The zero-order valence-electron chi connectivity index (χ0n) is 18.6. The van der Waals surface area contributed by atoms with Gasteiger partial charge in [0.25, 0.3) is 0 Å². The summed E-state index contributed by atoms with van der Waals surface area (Å²) in [6.45, 7) is 5.44. The number of ether oxygens (including phenoxy) is 3. The molecule has 1 unspecified atom stereocenters. The molecule has 0 aromatic rings. The van der Waals surface area contributed by atoms with Gasteiger partial charge in [-0.05, 0) is 13.0 Å². The highest BCUT2D eigenvalue weighted by Gasteiger charge is 2.48. The van der Waals surface area contributed by atoms with Gasteiger partial charge in [0.15, 0.2) is 5.79 Å². The van der Waals surface area contributed by atoms with E-state index in [2.05, 4.69) is 15.4 Å². The highest BCUT2D eigenvalue weighted by molar-refractivity contribution is 8.14. The number of amides is 2. The molecular formula is C20H30N2O9S. The minimum absolute atomic E-state index is 0.0165. The minimum atomic E-state index is -1.41. The molecule has 0 aromatic heterocycles. The fourth-order valence-electron chi connectivity index (χ4n) is 2.71. The SMILES string of the molecule is COC(=O)/C=C/C(=O)SCCNC(=O)CCNC(=O)[C@@H]1OC(C)(CC(=O)O)OCC1(C)C. The Bertz CT molecular complexity index is 753. The smallest absolute Gasteiger partial charge is 0.330 e. The van der Waals surface area contributed by atoms with Gasteiger partial charge in [-0.15, -0.1) is 0 Å². The van der Waals surface area contributed by atoms with Crippen LogP contribution < -0.4 is 10.6 Å². The molecule has 0 aliphatic carbocycles. The topological polar surface area (TPSA) is 157 Å². The highest BCUT2D eigenvalue weighted by atomic mass is 32.2. The van der Waals surface area contributed by atoms with E-state index < -0.39 is 41.6 Å². The Morgan fingerprint density at radius 3 is 2.44 bits per heavy atom. The summed E-state index contributed by atoms with van der Waals surface area (Å²) in [5.41, 5.74) is -0.684. The van der Waals surface area contributed by atoms with E-state index >= 15 is 0 Å². The van der Waals surface area contributed by atoms with Crippen molar-refractivity contribution in [2.24, 2.45) is 5.41 Å². The zero-order chi connectivity index (χ0) is 24.4. The van der Waals surface area contributed by atoms with Crippen molar-refractivity contribution in [2.45, 2.75) is 45.5 Å². The third-order valence-corrected chi connectivity index (χ3v) is 5.24. The molecule has 0 saturated carbocycles. The van der Waals surface area contributed by atoms with Crippen LogP contribution in [0.3, 0.4) is 0 Å². The number of hydrogen-bond acceptors (Lipinski definition) is 9. The summed E-state index contributed by atoms with van der Waals surface area (Å²) in [4.78, 5) is 57.9. The van der Waals surface area contributed by atoms with Crippen molar-refractivity contribution in [1.29, 1.82) is 0 Å². The maximum Gasteiger partial charge on any atom is 0.330 e. The molecule has 180 valence electrons. The van der Waals surface area contributed by atoms with Crippen LogP contribution in [-0.2, 0) is 38.2 Å². The van der Waals surface area contributed by atoms with E-state index in [1.165, 1.54) is 14.0 Å². The first-order valence-electron chi connectivity index (χ1n) is 9.89. The fourth-order valence-corrected chi connectivity index (χ4v) is 3.28. The lowest BCUT2D eigenvalue weighted by molar-refractivity contribution is -0.313. The average Bonchev–Trinajstić information content (AvgIpc) is 2.70. The van der Waals surface area contributed by atoms with E-state index in [9.17, 15) is 24.0 Å². The molecule has 2 atom stereocenters. The van der Waals surface area contributed by atoms with Crippen molar-refractivity contribution in [2.75, 3.05) is 32.6 Å². The third-order valence-electron chi connectivity index (χ3n) is 4.41. The van der Waals surface area contributed by atoms with Gasteiger partial charge in [0.05, 0.1) is 20.1 Å². The Kier molecular flexibility index (Phi) is 10.8. The number of rotatable bonds is 11. The predicted octanol–water partition coefficient (Wildman–Crippen LogP) is 0.230. The molecule has 12 heteroatoms. The second kappa shape index (κ2) is 12.6. The Balaban J connectivity index is 2.36. The van der Waals surface area contributed by atoms with Gasteiger partial charge in [-0.25, -0.2) is 4.79 Å². The lowest BCUT2D eigenvalue weighted by Gasteiger charge is -2.45. The standard InChI is InChI=1S/C20H30N2O9S/c1-19(2)12-30-20(3,11-14(24)25)31-17(19)18(28)22-8-7-13(23)21-9-10-32-16(27)6-5-15(26)29-4/h5-6,17H,7-12H2,1-4H3,(H,21,23)(H,22,28)(H,24,25)/b6-5+/t17-,20?/m0/s1. The molecule has 11 nitrogen and oxygen atoms in total. The summed E-state index contributed by atoms with van der Waals surface area (Å²) in [6.07, 6.45) is 0.778. The summed E-state index contributed by atoms with van der Waals surface area (Å²) in [7, 11) is 1.20. The number of hydrogen-bond donors (Lipinski definition) is 3. The Morgan fingerprint density at radius 2 is 1.81 bits per heavy atom. The molecule has 1 aliphatic heterocycles. The van der Waals surface area contributed by atoms with Crippen LogP contribution in [0.25, 0.3) is 0 Å². The number of carbonyl (C=O) groups is 5. The zero-order valence-corrected chi connectivity index (χ0v) is 19.4. The van der Waals surface area contributed by atoms with Crippen molar-refractivity contribution in [3.63, 3.8) is 0 Å². The average molecular weight is 475 g/mol. The van der Waals surface area contributed by atoms with Gasteiger partial charge in [-0.3, -0.25) is 19.2 Å². The van der Waals surface area contributed by atoms with Gasteiger partial charge in [0.2, 0.25) is 16.9 Å². The normalized spacial score (nSPS) is 22.2. The van der Waals surface area contributed by atoms with Gasteiger partial charge >= 0.3 is 11.9 Å². The number of nitrogens with one attached hydrogen (secondary N) is 2. The van der Waals surface area contributed by atoms with Gasteiger partial charge in [-0.2, -0.15) is 0 Å². The number of esters is 1. The quantitative estimate of drug-likeness (QED) is 0.215. The number of carboxylic acids is 1. The van der Waals surface area contributed by atoms with Gasteiger partial charge in [0, 0.05) is 36.8 Å². The van der Waals surface area contributed by atoms with E-state index in [-0.39, 0.29) is 37.1 Å². The molecule has 1 rings (SSSR count). The molecule has 0 radical (unpaired) electrons. The second-order valence-corrected chi connectivity index (χ2v) is 8.99. The summed E-state index contributed by atoms with van der Waals surface area (Å²) >= 11 is 0.934.